The molecule has 212 valence electrons. The Kier molecular flexibility index (Phi) is 8.47. The van der Waals surface area contributed by atoms with Gasteiger partial charge in [-0.2, -0.15) is 0 Å². The number of ether oxygens (including phenoxy) is 3. The SMILES string of the molecule is CC(=O)O[C@H]1C[C@H](n2cc(C)c(=O)[nH]c2=O)O[C@@H]1CCC(=O)C[C@H]1C[C@H](n2cc(C)c(=O)[nH]c2=O)O[C@@H]1CO. The first-order valence-electron chi connectivity index (χ1n) is 12.7. The average molecular weight is 549 g/mol. The van der Waals surface area contributed by atoms with Gasteiger partial charge in [0.05, 0.1) is 18.8 Å². The van der Waals surface area contributed by atoms with Gasteiger partial charge >= 0.3 is 17.3 Å². The highest BCUT2D eigenvalue weighted by Crippen LogP contribution is 2.36. The second kappa shape index (κ2) is 11.6. The van der Waals surface area contributed by atoms with E-state index in [-0.39, 0.29) is 50.4 Å². The van der Waals surface area contributed by atoms with Crippen molar-refractivity contribution in [3.05, 3.63) is 65.2 Å². The van der Waals surface area contributed by atoms with Gasteiger partial charge in [-0.3, -0.25) is 38.3 Å². The fourth-order valence-corrected chi connectivity index (χ4v) is 5.13. The van der Waals surface area contributed by atoms with Crippen LogP contribution in [0.4, 0.5) is 0 Å². The van der Waals surface area contributed by atoms with Crippen LogP contribution in [0.15, 0.2) is 31.6 Å². The molecular formula is C25H32N4O10. The Hall–Kier alpha value is -3.62. The van der Waals surface area contributed by atoms with Crippen LogP contribution >= 0.6 is 0 Å². The molecule has 0 radical (unpaired) electrons. The van der Waals surface area contributed by atoms with Crippen molar-refractivity contribution in [2.45, 2.75) is 83.6 Å². The number of aromatic amines is 2. The average Bonchev–Trinajstić information content (AvgIpc) is 3.45. The van der Waals surface area contributed by atoms with Crippen LogP contribution in [-0.2, 0) is 23.8 Å². The maximum atomic E-state index is 12.9. The van der Waals surface area contributed by atoms with Gasteiger partial charge in [-0.15, -0.1) is 0 Å². The Morgan fingerprint density at radius 2 is 1.49 bits per heavy atom. The van der Waals surface area contributed by atoms with E-state index in [9.17, 15) is 33.9 Å². The number of nitrogens with one attached hydrogen (secondary N) is 2. The van der Waals surface area contributed by atoms with Gasteiger partial charge in [0.25, 0.3) is 11.1 Å². The number of aryl methyl sites for hydroxylation is 2. The van der Waals surface area contributed by atoms with E-state index >= 15 is 0 Å². The lowest BCUT2D eigenvalue weighted by molar-refractivity contribution is -0.149. The minimum Gasteiger partial charge on any atom is -0.460 e. The minimum atomic E-state index is -0.792. The fourth-order valence-electron chi connectivity index (χ4n) is 5.13. The number of rotatable bonds is 9. The summed E-state index contributed by atoms with van der Waals surface area (Å²) < 4.78 is 19.7. The molecule has 0 amide bonds. The van der Waals surface area contributed by atoms with E-state index in [1.54, 1.807) is 13.8 Å². The van der Waals surface area contributed by atoms with Gasteiger partial charge in [-0.25, -0.2) is 9.59 Å². The molecule has 39 heavy (non-hydrogen) atoms. The fraction of sp³-hybridized carbons (Fsp3) is 0.600. The standard InChI is InChI=1S/C25H32N4O10/c1-12-9-28(24(35)26-22(12)33)20-7-15(19(11-30)39-20)6-16(32)4-5-17-18(37-14(3)31)8-21(38-17)29-10-13(2)23(34)27-25(29)36/h9-10,15,17-21,30H,4-8,11H2,1-3H3,(H,26,33,35)(H,27,34,36)/t15-,17+,18-,19+,20+,21+/m0/s1. The number of carbonyl (C=O) groups excluding carboxylic acids is 2. The lowest BCUT2D eigenvalue weighted by atomic mass is 9.92. The van der Waals surface area contributed by atoms with Crippen molar-refractivity contribution in [2.24, 2.45) is 5.92 Å². The second-order valence-electron chi connectivity index (χ2n) is 10.1. The summed E-state index contributed by atoms with van der Waals surface area (Å²) in [7, 11) is 0. The number of esters is 1. The van der Waals surface area contributed by atoms with Crippen LogP contribution in [0.5, 0.6) is 0 Å². The normalized spacial score (nSPS) is 26.6. The molecule has 0 bridgehead atoms. The molecule has 14 heteroatoms. The monoisotopic (exact) mass is 548 g/mol. The maximum absolute atomic E-state index is 12.9. The topological polar surface area (TPSA) is 192 Å². The third-order valence-electron chi connectivity index (χ3n) is 7.15. The number of aromatic nitrogens is 4. The summed E-state index contributed by atoms with van der Waals surface area (Å²) in [5.41, 5.74) is -1.65. The molecule has 2 aliphatic rings. The molecule has 2 aliphatic heterocycles. The molecule has 4 rings (SSSR count). The minimum absolute atomic E-state index is 0.0751. The van der Waals surface area contributed by atoms with Gasteiger partial charge in [-0.1, -0.05) is 0 Å². The maximum Gasteiger partial charge on any atom is 0.330 e. The highest BCUT2D eigenvalue weighted by Gasteiger charge is 2.40. The van der Waals surface area contributed by atoms with Crippen molar-refractivity contribution in [2.75, 3.05) is 6.61 Å². The Bertz CT molecular complexity index is 1470. The second-order valence-corrected chi connectivity index (χ2v) is 10.1. The van der Waals surface area contributed by atoms with Gasteiger partial charge in [-0.05, 0) is 32.6 Å². The summed E-state index contributed by atoms with van der Waals surface area (Å²) in [4.78, 5) is 77.0. The molecule has 2 saturated heterocycles. The van der Waals surface area contributed by atoms with Crippen molar-refractivity contribution in [3.63, 3.8) is 0 Å². The van der Waals surface area contributed by atoms with Gasteiger partial charge in [0.15, 0.2) is 0 Å². The van der Waals surface area contributed by atoms with Crippen LogP contribution in [0.2, 0.25) is 0 Å². The van der Waals surface area contributed by atoms with Crippen LogP contribution in [0.1, 0.15) is 62.6 Å². The Morgan fingerprint density at radius 3 is 2.03 bits per heavy atom. The number of hydrogen-bond donors (Lipinski definition) is 3. The summed E-state index contributed by atoms with van der Waals surface area (Å²) in [5.74, 6) is -1.03. The van der Waals surface area contributed by atoms with E-state index in [1.165, 1.54) is 28.5 Å². The third kappa shape index (κ3) is 6.34. The van der Waals surface area contributed by atoms with Crippen molar-refractivity contribution < 1.29 is 28.9 Å². The van der Waals surface area contributed by atoms with Crippen molar-refractivity contribution >= 4 is 11.8 Å². The smallest absolute Gasteiger partial charge is 0.330 e. The Morgan fingerprint density at radius 1 is 0.949 bits per heavy atom. The number of hydrogen-bond acceptors (Lipinski definition) is 10. The van der Waals surface area contributed by atoms with Crippen LogP contribution in [0, 0.1) is 19.8 Å². The molecule has 14 nitrogen and oxygen atoms in total. The Labute approximate surface area is 221 Å². The highest BCUT2D eigenvalue weighted by atomic mass is 16.6. The molecule has 0 unspecified atom stereocenters. The summed E-state index contributed by atoms with van der Waals surface area (Å²) in [6.07, 6.45) is 0.0270. The van der Waals surface area contributed by atoms with Crippen LogP contribution in [0.3, 0.4) is 0 Å². The number of aliphatic hydroxyl groups is 1. The molecule has 0 saturated carbocycles. The lowest BCUT2D eigenvalue weighted by Crippen LogP contribution is -2.33. The summed E-state index contributed by atoms with van der Waals surface area (Å²) in [5, 5.41) is 9.80. The number of carbonyl (C=O) groups is 2. The molecule has 3 N–H and O–H groups in total. The van der Waals surface area contributed by atoms with E-state index < -0.39 is 59.2 Å². The van der Waals surface area contributed by atoms with Gasteiger partial charge in [0, 0.05) is 49.7 Å². The van der Waals surface area contributed by atoms with Crippen molar-refractivity contribution in [1.82, 2.24) is 19.1 Å². The first-order valence-corrected chi connectivity index (χ1v) is 12.7. The molecule has 2 fully saturated rings. The zero-order valence-corrected chi connectivity index (χ0v) is 21.9. The number of nitrogens with zero attached hydrogens (tertiary/aromatic N) is 2. The van der Waals surface area contributed by atoms with Crippen molar-refractivity contribution in [3.8, 4) is 0 Å². The van der Waals surface area contributed by atoms with Crippen molar-refractivity contribution in [1.29, 1.82) is 0 Å². The van der Waals surface area contributed by atoms with Crippen LogP contribution in [0.25, 0.3) is 0 Å². The number of H-pyrrole nitrogens is 2. The van der Waals surface area contributed by atoms with Gasteiger partial charge in [0.1, 0.15) is 24.3 Å². The zero-order valence-electron chi connectivity index (χ0n) is 21.9. The first-order chi connectivity index (χ1) is 18.5. The summed E-state index contributed by atoms with van der Waals surface area (Å²) in [6.45, 7) is 4.02. The number of Topliss-reactive ketones (excluding diaryl/α,β-unsaturated/α-hetero) is 1. The summed E-state index contributed by atoms with van der Waals surface area (Å²) in [6, 6.07) is 0. The third-order valence-corrected chi connectivity index (χ3v) is 7.15. The van der Waals surface area contributed by atoms with Gasteiger partial charge in [0.2, 0.25) is 0 Å². The molecule has 0 spiro atoms. The molecule has 4 heterocycles. The predicted octanol–water partition coefficient (Wildman–Crippen LogP) is -0.442. The van der Waals surface area contributed by atoms with Crippen LogP contribution in [-0.4, -0.2) is 60.9 Å². The van der Waals surface area contributed by atoms with E-state index in [0.717, 1.165) is 0 Å². The first kappa shape index (κ1) is 28.4. The van der Waals surface area contributed by atoms with E-state index in [0.29, 0.717) is 11.1 Å². The molecule has 2 aromatic heterocycles. The lowest BCUT2D eigenvalue weighted by Gasteiger charge is -2.19. The van der Waals surface area contributed by atoms with E-state index in [2.05, 4.69) is 9.97 Å². The highest BCUT2D eigenvalue weighted by molar-refractivity contribution is 5.78. The predicted molar refractivity (Wildman–Crippen MR) is 134 cm³/mol. The van der Waals surface area contributed by atoms with E-state index in [4.69, 9.17) is 14.2 Å². The largest absolute Gasteiger partial charge is 0.460 e. The van der Waals surface area contributed by atoms with Crippen LogP contribution < -0.4 is 22.5 Å². The van der Waals surface area contributed by atoms with E-state index in [1.807, 2.05) is 0 Å². The number of aliphatic hydroxyl groups excluding tert-OH is 1. The zero-order chi connectivity index (χ0) is 28.4. The molecular weight excluding hydrogens is 516 g/mol. The molecule has 6 atom stereocenters. The van der Waals surface area contributed by atoms with Gasteiger partial charge < -0.3 is 19.3 Å². The number of ketones is 1. The quantitative estimate of drug-likeness (QED) is 0.346. The molecule has 0 aliphatic carbocycles. The Balaban J connectivity index is 1.40. The summed E-state index contributed by atoms with van der Waals surface area (Å²) >= 11 is 0. The molecule has 0 aromatic carbocycles. The molecule has 2 aromatic rings.